The molecular weight excluding hydrogens is 269 g/mol. The smallest absolute Gasteiger partial charge is 0.248 e. The topological polar surface area (TPSA) is 52.3 Å². The van der Waals surface area contributed by atoms with Crippen molar-refractivity contribution in [2.75, 3.05) is 4.61 Å². The van der Waals surface area contributed by atoms with Crippen LogP contribution in [-0.2, 0) is 0 Å². The maximum Gasteiger partial charge on any atom is 0.248 e. The van der Waals surface area contributed by atoms with Gasteiger partial charge in [-0.1, -0.05) is 6.07 Å². The SMILES string of the molecule is NC(=O)c1cccc(OCI)c1. The lowest BCUT2D eigenvalue weighted by Gasteiger charge is -2.02. The van der Waals surface area contributed by atoms with Crippen LogP contribution >= 0.6 is 22.6 Å². The van der Waals surface area contributed by atoms with Crippen LogP contribution in [0.1, 0.15) is 10.4 Å². The fourth-order valence-corrected chi connectivity index (χ4v) is 1.16. The Kier molecular flexibility index (Phi) is 3.33. The second kappa shape index (κ2) is 4.30. The molecule has 0 atom stereocenters. The van der Waals surface area contributed by atoms with E-state index < -0.39 is 5.91 Å². The minimum absolute atomic E-state index is 0.436. The highest BCUT2D eigenvalue weighted by Crippen LogP contribution is 2.13. The fourth-order valence-electron chi connectivity index (χ4n) is 0.802. The predicted molar refractivity (Wildman–Crippen MR) is 54.5 cm³/mol. The van der Waals surface area contributed by atoms with Crippen molar-refractivity contribution in [2.24, 2.45) is 5.73 Å². The molecule has 0 saturated carbocycles. The zero-order valence-electron chi connectivity index (χ0n) is 6.29. The van der Waals surface area contributed by atoms with E-state index in [1.807, 2.05) is 0 Å². The maximum atomic E-state index is 10.7. The van der Waals surface area contributed by atoms with Crippen LogP contribution in [0.15, 0.2) is 24.3 Å². The second-order valence-electron chi connectivity index (χ2n) is 2.15. The predicted octanol–water partition coefficient (Wildman–Crippen LogP) is 1.56. The highest BCUT2D eigenvalue weighted by molar-refractivity contribution is 14.1. The molecule has 4 heteroatoms. The van der Waals surface area contributed by atoms with Crippen molar-refractivity contribution in [2.45, 2.75) is 0 Å². The van der Waals surface area contributed by atoms with Gasteiger partial charge in [-0.15, -0.1) is 0 Å². The molecule has 0 radical (unpaired) electrons. The van der Waals surface area contributed by atoms with Gasteiger partial charge in [-0.05, 0) is 40.8 Å². The first-order valence-corrected chi connectivity index (χ1v) is 4.85. The summed E-state index contributed by atoms with van der Waals surface area (Å²) in [4.78, 5) is 10.7. The van der Waals surface area contributed by atoms with Crippen LogP contribution in [0.3, 0.4) is 0 Å². The molecule has 3 nitrogen and oxygen atoms in total. The van der Waals surface area contributed by atoms with Crippen molar-refractivity contribution in [1.82, 2.24) is 0 Å². The molecule has 64 valence electrons. The van der Waals surface area contributed by atoms with Crippen LogP contribution in [0.25, 0.3) is 0 Å². The number of alkyl halides is 1. The van der Waals surface area contributed by atoms with Crippen LogP contribution in [0.5, 0.6) is 5.75 Å². The Labute approximate surface area is 84.0 Å². The minimum atomic E-state index is -0.436. The lowest BCUT2D eigenvalue weighted by molar-refractivity contribution is 0.1000. The largest absolute Gasteiger partial charge is 0.483 e. The fraction of sp³-hybridized carbons (Fsp3) is 0.125. The highest BCUT2D eigenvalue weighted by atomic mass is 127. The second-order valence-corrected chi connectivity index (χ2v) is 2.77. The number of hydrogen-bond acceptors (Lipinski definition) is 2. The zero-order valence-corrected chi connectivity index (χ0v) is 8.45. The number of hydrogen-bond donors (Lipinski definition) is 1. The molecule has 0 saturated heterocycles. The summed E-state index contributed by atoms with van der Waals surface area (Å²) >= 11 is 2.08. The van der Waals surface area contributed by atoms with Crippen molar-refractivity contribution >= 4 is 28.5 Å². The van der Waals surface area contributed by atoms with E-state index in [0.717, 1.165) is 0 Å². The molecule has 0 fully saturated rings. The summed E-state index contributed by atoms with van der Waals surface area (Å²) in [6.07, 6.45) is 0. The monoisotopic (exact) mass is 277 g/mol. The third-order valence-electron chi connectivity index (χ3n) is 1.34. The van der Waals surface area contributed by atoms with Gasteiger partial charge in [-0.3, -0.25) is 4.79 Å². The molecule has 0 spiro atoms. The number of carbonyl (C=O) groups is 1. The molecule has 0 aliphatic carbocycles. The first-order valence-electron chi connectivity index (χ1n) is 3.32. The van der Waals surface area contributed by atoms with Gasteiger partial charge < -0.3 is 10.5 Å². The summed E-state index contributed by atoms with van der Waals surface area (Å²) in [5.74, 6) is 0.231. The normalized spacial score (nSPS) is 9.42. The van der Waals surface area contributed by atoms with Crippen molar-refractivity contribution in [3.05, 3.63) is 29.8 Å². The first kappa shape index (κ1) is 9.31. The van der Waals surface area contributed by atoms with Crippen LogP contribution < -0.4 is 10.5 Å². The van der Waals surface area contributed by atoms with Crippen LogP contribution in [0.4, 0.5) is 0 Å². The van der Waals surface area contributed by atoms with Gasteiger partial charge in [-0.2, -0.15) is 0 Å². The molecule has 0 aliphatic rings. The average Bonchev–Trinajstić information content (AvgIpc) is 2.05. The minimum Gasteiger partial charge on any atom is -0.483 e. The molecule has 0 unspecified atom stereocenters. The first-order chi connectivity index (χ1) is 5.74. The van der Waals surface area contributed by atoms with Crippen molar-refractivity contribution in [3.8, 4) is 5.75 Å². The van der Waals surface area contributed by atoms with Gasteiger partial charge in [0.2, 0.25) is 5.91 Å². The van der Waals surface area contributed by atoms with E-state index in [1.165, 1.54) is 0 Å². The molecule has 0 heterocycles. The average molecular weight is 277 g/mol. The Hall–Kier alpha value is -0.780. The molecule has 1 amide bonds. The van der Waals surface area contributed by atoms with Gasteiger partial charge in [0.05, 0.1) is 0 Å². The Morgan fingerprint density at radius 2 is 2.33 bits per heavy atom. The molecule has 1 aromatic carbocycles. The van der Waals surface area contributed by atoms with Gasteiger partial charge in [0.15, 0.2) is 0 Å². The van der Waals surface area contributed by atoms with Gasteiger partial charge in [0.1, 0.15) is 10.4 Å². The Morgan fingerprint density at radius 1 is 1.58 bits per heavy atom. The summed E-state index contributed by atoms with van der Waals surface area (Å²) in [7, 11) is 0. The van der Waals surface area contributed by atoms with Gasteiger partial charge in [-0.25, -0.2) is 0 Å². The molecule has 1 aromatic rings. The number of ether oxygens (including phenoxy) is 1. The summed E-state index contributed by atoms with van der Waals surface area (Å²) in [5, 5.41) is 0. The molecule has 12 heavy (non-hydrogen) atoms. The van der Waals surface area contributed by atoms with Crippen LogP contribution in [0.2, 0.25) is 0 Å². The molecule has 2 N–H and O–H groups in total. The molecular formula is C8H8INO2. The quantitative estimate of drug-likeness (QED) is 0.673. The maximum absolute atomic E-state index is 10.7. The molecule has 1 rings (SSSR count). The summed E-state index contributed by atoms with van der Waals surface area (Å²) in [5.41, 5.74) is 5.55. The number of amides is 1. The number of rotatable bonds is 3. The van der Waals surface area contributed by atoms with E-state index in [4.69, 9.17) is 10.5 Å². The van der Waals surface area contributed by atoms with E-state index in [2.05, 4.69) is 22.6 Å². The number of primary amides is 1. The highest BCUT2D eigenvalue weighted by Gasteiger charge is 2.00. The van der Waals surface area contributed by atoms with E-state index >= 15 is 0 Å². The van der Waals surface area contributed by atoms with E-state index in [9.17, 15) is 4.79 Å². The van der Waals surface area contributed by atoms with Gasteiger partial charge in [0, 0.05) is 5.56 Å². The molecule has 0 bridgehead atoms. The third kappa shape index (κ3) is 2.37. The zero-order chi connectivity index (χ0) is 8.97. The molecule has 0 aromatic heterocycles. The summed E-state index contributed by atoms with van der Waals surface area (Å²) in [6.45, 7) is 0. The van der Waals surface area contributed by atoms with Crippen molar-refractivity contribution < 1.29 is 9.53 Å². The Morgan fingerprint density at radius 3 is 2.92 bits per heavy atom. The van der Waals surface area contributed by atoms with E-state index in [-0.39, 0.29) is 0 Å². The van der Waals surface area contributed by atoms with Gasteiger partial charge >= 0.3 is 0 Å². The summed E-state index contributed by atoms with van der Waals surface area (Å²) < 4.78 is 5.73. The lowest BCUT2D eigenvalue weighted by Crippen LogP contribution is -2.10. The number of halogens is 1. The van der Waals surface area contributed by atoms with Crippen molar-refractivity contribution in [1.29, 1.82) is 0 Å². The van der Waals surface area contributed by atoms with Crippen LogP contribution in [-0.4, -0.2) is 10.5 Å². The standard InChI is InChI=1S/C8H8INO2/c9-5-12-7-3-1-2-6(4-7)8(10)11/h1-4H,5H2,(H2,10,11). The number of carbonyl (C=O) groups excluding carboxylic acids is 1. The van der Waals surface area contributed by atoms with Crippen molar-refractivity contribution in [3.63, 3.8) is 0 Å². The Bertz CT molecular complexity index is 288. The lowest BCUT2D eigenvalue weighted by atomic mass is 10.2. The number of nitrogens with two attached hydrogens (primary N) is 1. The summed E-state index contributed by atoms with van der Waals surface area (Å²) in [6, 6.07) is 6.80. The van der Waals surface area contributed by atoms with E-state index in [0.29, 0.717) is 15.9 Å². The molecule has 0 aliphatic heterocycles. The number of benzene rings is 1. The van der Waals surface area contributed by atoms with Gasteiger partial charge in [0.25, 0.3) is 0 Å². The Balaban J connectivity index is 2.88. The van der Waals surface area contributed by atoms with E-state index in [1.54, 1.807) is 24.3 Å². The van der Waals surface area contributed by atoms with Crippen LogP contribution in [0, 0.1) is 0 Å². The third-order valence-corrected chi connectivity index (χ3v) is 1.65.